The van der Waals surface area contributed by atoms with E-state index in [1.54, 1.807) is 18.9 Å². The monoisotopic (exact) mass is 222 g/mol. The molecule has 0 radical (unpaired) electrons. The van der Waals surface area contributed by atoms with E-state index in [9.17, 15) is 0 Å². The minimum Gasteiger partial charge on any atom is -0.340 e. The van der Waals surface area contributed by atoms with E-state index in [-0.39, 0.29) is 12.4 Å². The van der Waals surface area contributed by atoms with E-state index in [0.29, 0.717) is 5.65 Å². The smallest absolute Gasteiger partial charge is 0.182 e. The molecule has 0 spiro atoms. The van der Waals surface area contributed by atoms with Crippen molar-refractivity contribution in [1.29, 1.82) is 0 Å². The number of rotatable bonds is 1. The first-order chi connectivity index (χ1) is 6.95. The van der Waals surface area contributed by atoms with Gasteiger partial charge in [-0.25, -0.2) is 19.9 Å². The van der Waals surface area contributed by atoms with Gasteiger partial charge >= 0.3 is 0 Å². The van der Waals surface area contributed by atoms with Crippen molar-refractivity contribution in [2.24, 2.45) is 0 Å². The highest BCUT2D eigenvalue weighted by Gasteiger charge is 2.06. The normalized spacial score (nSPS) is 10.1. The zero-order chi connectivity index (χ0) is 9.38. The van der Waals surface area contributed by atoms with Crippen molar-refractivity contribution in [3.05, 3.63) is 31.4 Å². The van der Waals surface area contributed by atoms with Crippen LogP contribution in [-0.4, -0.2) is 29.5 Å². The van der Waals surface area contributed by atoms with Gasteiger partial charge in [0.2, 0.25) is 0 Å². The second-order valence-electron chi connectivity index (χ2n) is 2.77. The molecule has 0 fully saturated rings. The Labute approximate surface area is 90.8 Å². The number of H-pyrrole nitrogens is 1. The van der Waals surface area contributed by atoms with Gasteiger partial charge in [0.25, 0.3) is 0 Å². The molecule has 0 aliphatic carbocycles. The van der Waals surface area contributed by atoms with Gasteiger partial charge < -0.3 is 4.98 Å². The molecule has 3 aromatic rings. The molecule has 0 aliphatic heterocycles. The second-order valence-corrected chi connectivity index (χ2v) is 2.77. The third kappa shape index (κ3) is 1.44. The van der Waals surface area contributed by atoms with Crippen LogP contribution in [0.25, 0.3) is 17.0 Å². The zero-order valence-corrected chi connectivity index (χ0v) is 8.35. The van der Waals surface area contributed by atoms with Crippen LogP contribution >= 0.6 is 12.4 Å². The summed E-state index contributed by atoms with van der Waals surface area (Å²) in [6, 6.07) is 0. The van der Waals surface area contributed by atoms with Crippen LogP contribution in [0.15, 0.2) is 31.4 Å². The average molecular weight is 223 g/mol. The highest BCUT2D eigenvalue weighted by atomic mass is 35.5. The number of imidazole rings is 2. The van der Waals surface area contributed by atoms with E-state index < -0.39 is 0 Å². The van der Waals surface area contributed by atoms with Crippen LogP contribution in [0, 0.1) is 0 Å². The largest absolute Gasteiger partial charge is 0.340 e. The van der Waals surface area contributed by atoms with E-state index in [4.69, 9.17) is 0 Å². The van der Waals surface area contributed by atoms with E-state index in [1.165, 1.54) is 6.33 Å². The first kappa shape index (κ1) is 9.60. The zero-order valence-electron chi connectivity index (χ0n) is 7.53. The van der Waals surface area contributed by atoms with Crippen molar-refractivity contribution in [1.82, 2.24) is 29.5 Å². The molecular weight excluding hydrogens is 216 g/mol. The highest BCUT2D eigenvalue weighted by Crippen LogP contribution is 2.12. The number of halogens is 1. The SMILES string of the molecule is Cl.c1cn(-c2ncnc3nc[nH]c23)cn1. The summed E-state index contributed by atoms with van der Waals surface area (Å²) in [6.45, 7) is 0. The molecule has 0 unspecified atom stereocenters. The Morgan fingerprint density at radius 2 is 2.13 bits per heavy atom. The predicted octanol–water partition coefficient (Wildman–Crippen LogP) is 0.960. The molecule has 76 valence electrons. The molecule has 0 aromatic carbocycles. The molecule has 0 saturated carbocycles. The van der Waals surface area contributed by atoms with Crippen molar-refractivity contribution in [2.75, 3.05) is 0 Å². The molecule has 6 nitrogen and oxygen atoms in total. The molecule has 3 rings (SSSR count). The molecule has 15 heavy (non-hydrogen) atoms. The highest BCUT2D eigenvalue weighted by molar-refractivity contribution is 5.85. The van der Waals surface area contributed by atoms with Gasteiger partial charge in [-0.15, -0.1) is 12.4 Å². The Kier molecular flexibility index (Phi) is 2.34. The fraction of sp³-hybridized carbons (Fsp3) is 0. The van der Waals surface area contributed by atoms with Crippen LogP contribution in [0.3, 0.4) is 0 Å². The predicted molar refractivity (Wildman–Crippen MR) is 56.1 cm³/mol. The molecule has 1 N–H and O–H groups in total. The Morgan fingerprint density at radius 3 is 2.93 bits per heavy atom. The number of fused-ring (bicyclic) bond motifs is 1. The van der Waals surface area contributed by atoms with Gasteiger partial charge in [-0.05, 0) is 0 Å². The molecule has 0 saturated heterocycles. The summed E-state index contributed by atoms with van der Waals surface area (Å²) in [5.41, 5.74) is 1.47. The maximum Gasteiger partial charge on any atom is 0.182 e. The quantitative estimate of drug-likeness (QED) is 0.666. The van der Waals surface area contributed by atoms with Gasteiger partial charge in [-0.3, -0.25) is 4.57 Å². The third-order valence-corrected chi connectivity index (χ3v) is 1.95. The van der Waals surface area contributed by atoms with Gasteiger partial charge in [0, 0.05) is 12.4 Å². The molecular formula is C8H7ClN6. The maximum absolute atomic E-state index is 4.16. The molecule has 3 aromatic heterocycles. The Bertz CT molecular complexity index is 557. The Morgan fingerprint density at radius 1 is 1.20 bits per heavy atom. The fourth-order valence-electron chi connectivity index (χ4n) is 1.33. The number of hydrogen-bond acceptors (Lipinski definition) is 4. The van der Waals surface area contributed by atoms with E-state index in [0.717, 1.165) is 11.3 Å². The lowest BCUT2D eigenvalue weighted by Gasteiger charge is -1.99. The summed E-state index contributed by atoms with van der Waals surface area (Å²) in [5, 5.41) is 0. The lowest BCUT2D eigenvalue weighted by atomic mass is 10.5. The number of aromatic nitrogens is 6. The minimum atomic E-state index is 0. The maximum atomic E-state index is 4.16. The van der Waals surface area contributed by atoms with E-state index >= 15 is 0 Å². The molecule has 0 atom stereocenters. The van der Waals surface area contributed by atoms with Gasteiger partial charge in [-0.1, -0.05) is 0 Å². The van der Waals surface area contributed by atoms with Gasteiger partial charge in [0.05, 0.1) is 6.33 Å². The van der Waals surface area contributed by atoms with Crippen LogP contribution in [0.1, 0.15) is 0 Å². The second kappa shape index (κ2) is 3.66. The summed E-state index contributed by atoms with van der Waals surface area (Å²) >= 11 is 0. The first-order valence-electron chi connectivity index (χ1n) is 4.07. The number of nitrogens with one attached hydrogen (secondary N) is 1. The van der Waals surface area contributed by atoms with Crippen molar-refractivity contribution in [2.45, 2.75) is 0 Å². The first-order valence-corrected chi connectivity index (χ1v) is 4.07. The summed E-state index contributed by atoms with van der Waals surface area (Å²) in [7, 11) is 0. The average Bonchev–Trinajstić information content (AvgIpc) is 2.88. The number of hydrogen-bond donors (Lipinski definition) is 1. The van der Waals surface area contributed by atoms with Gasteiger partial charge in [-0.2, -0.15) is 0 Å². The van der Waals surface area contributed by atoms with Gasteiger partial charge in [0.1, 0.15) is 18.2 Å². The summed E-state index contributed by atoms with van der Waals surface area (Å²) in [4.78, 5) is 19.2. The van der Waals surface area contributed by atoms with Gasteiger partial charge in [0.15, 0.2) is 11.5 Å². The topological polar surface area (TPSA) is 72.3 Å². The summed E-state index contributed by atoms with van der Waals surface area (Å²) < 4.78 is 1.81. The standard InChI is InChI=1S/C8H6N6.ClH/c1-2-14(5-9-1)8-6-7(11-3-10-6)12-4-13-8;/h1-5H,(H,10,11,12,13);1H. The van der Waals surface area contributed by atoms with Crippen LogP contribution in [-0.2, 0) is 0 Å². The molecule has 0 amide bonds. The summed E-state index contributed by atoms with van der Waals surface area (Å²) in [5.74, 6) is 0.755. The summed E-state index contributed by atoms with van der Waals surface area (Å²) in [6.07, 6.45) is 8.29. The van der Waals surface area contributed by atoms with E-state index in [1.807, 2.05) is 10.8 Å². The molecule has 0 aliphatic rings. The number of nitrogens with zero attached hydrogens (tertiary/aromatic N) is 5. The molecule has 3 heterocycles. The van der Waals surface area contributed by atoms with Crippen LogP contribution < -0.4 is 0 Å². The van der Waals surface area contributed by atoms with Crippen molar-refractivity contribution < 1.29 is 0 Å². The molecule has 7 heteroatoms. The van der Waals surface area contributed by atoms with Crippen molar-refractivity contribution >= 4 is 23.6 Å². The lowest BCUT2D eigenvalue weighted by molar-refractivity contribution is 0.987. The van der Waals surface area contributed by atoms with Crippen molar-refractivity contribution in [3.63, 3.8) is 0 Å². The van der Waals surface area contributed by atoms with E-state index in [2.05, 4.69) is 24.9 Å². The van der Waals surface area contributed by atoms with Crippen LogP contribution in [0.2, 0.25) is 0 Å². The Balaban J connectivity index is 0.000000853. The minimum absolute atomic E-state index is 0. The van der Waals surface area contributed by atoms with Crippen LogP contribution in [0.4, 0.5) is 0 Å². The van der Waals surface area contributed by atoms with Crippen molar-refractivity contribution in [3.8, 4) is 5.82 Å². The number of aromatic amines is 1. The third-order valence-electron chi connectivity index (χ3n) is 1.95. The Hall–Kier alpha value is -1.95. The van der Waals surface area contributed by atoms with Crippen LogP contribution in [0.5, 0.6) is 0 Å². The molecule has 0 bridgehead atoms. The lowest BCUT2D eigenvalue weighted by Crippen LogP contribution is -1.96. The fourth-order valence-corrected chi connectivity index (χ4v) is 1.33.